The molecule has 0 aromatic carbocycles. The van der Waals surface area contributed by atoms with Gasteiger partial charge in [0.05, 0.1) is 12.7 Å². The van der Waals surface area contributed by atoms with Crippen molar-refractivity contribution >= 4 is 0 Å². The average molecular weight is 417 g/mol. The fraction of sp³-hybridized carbons (Fsp3) is 0.231. The third-order valence-electron chi connectivity index (χ3n) is 4.23. The van der Waals surface area contributed by atoms with Crippen LogP contribution in [0.4, 0.5) is 13.2 Å². The van der Waals surface area contributed by atoms with Crippen LogP contribution in [-0.2, 0) is 4.74 Å². The standard InChI is InChI=1S/C26H31F3O/c1-11-17(4)15-30-23(10)22(9)24(27)14-20(7)18(5)12-13-19(6)21(8)26(29)25(28)16(2)3/h11-14,17,23H,1-2,5-9,15H2,3-4,10H3/b13-12-,24-14+,26-25-. The Balaban J connectivity index is 5.10. The molecule has 0 spiro atoms. The van der Waals surface area contributed by atoms with Gasteiger partial charge in [-0.2, -0.15) is 0 Å². The van der Waals surface area contributed by atoms with E-state index in [-0.39, 0.29) is 33.8 Å². The first-order valence-electron chi connectivity index (χ1n) is 9.29. The molecule has 0 fully saturated rings. The molecular formula is C26H31F3O. The van der Waals surface area contributed by atoms with E-state index in [0.29, 0.717) is 12.2 Å². The van der Waals surface area contributed by atoms with Gasteiger partial charge in [-0.1, -0.05) is 64.6 Å². The average Bonchev–Trinajstić information content (AvgIpc) is 2.72. The molecular weight excluding hydrogens is 385 g/mol. The van der Waals surface area contributed by atoms with Gasteiger partial charge in [0.25, 0.3) is 0 Å². The summed E-state index contributed by atoms with van der Waals surface area (Å²) >= 11 is 0. The molecule has 0 aromatic rings. The highest BCUT2D eigenvalue weighted by Gasteiger charge is 2.14. The predicted molar refractivity (Wildman–Crippen MR) is 123 cm³/mol. The molecule has 0 radical (unpaired) electrons. The van der Waals surface area contributed by atoms with E-state index in [2.05, 4.69) is 46.1 Å². The highest BCUT2D eigenvalue weighted by molar-refractivity contribution is 5.53. The monoisotopic (exact) mass is 416 g/mol. The van der Waals surface area contributed by atoms with Crippen LogP contribution in [-0.4, -0.2) is 12.7 Å². The molecule has 0 N–H and O–H groups in total. The maximum absolute atomic E-state index is 14.5. The second-order valence-corrected chi connectivity index (χ2v) is 7.00. The van der Waals surface area contributed by atoms with Crippen molar-refractivity contribution in [3.8, 4) is 0 Å². The summed E-state index contributed by atoms with van der Waals surface area (Å²) in [5.74, 6) is -2.67. The minimum atomic E-state index is -1.14. The van der Waals surface area contributed by atoms with Crippen LogP contribution in [0.5, 0.6) is 0 Å². The Bertz CT molecular complexity index is 850. The predicted octanol–water partition coefficient (Wildman–Crippen LogP) is 8.13. The second kappa shape index (κ2) is 12.7. The summed E-state index contributed by atoms with van der Waals surface area (Å²) in [6, 6.07) is 0. The lowest BCUT2D eigenvalue weighted by atomic mass is 10.0. The molecule has 2 unspecified atom stereocenters. The van der Waals surface area contributed by atoms with E-state index >= 15 is 0 Å². The zero-order valence-electron chi connectivity index (χ0n) is 18.2. The summed E-state index contributed by atoms with van der Waals surface area (Å²) in [6.45, 7) is 30.8. The lowest BCUT2D eigenvalue weighted by Gasteiger charge is -2.16. The van der Waals surface area contributed by atoms with Crippen molar-refractivity contribution in [3.63, 3.8) is 0 Å². The van der Waals surface area contributed by atoms with Gasteiger partial charge in [0, 0.05) is 11.1 Å². The van der Waals surface area contributed by atoms with Crippen LogP contribution in [0, 0.1) is 5.92 Å². The lowest BCUT2D eigenvalue weighted by Crippen LogP contribution is -2.15. The molecule has 0 aliphatic heterocycles. The Kier molecular flexibility index (Phi) is 11.5. The van der Waals surface area contributed by atoms with Gasteiger partial charge in [-0.25, -0.2) is 13.2 Å². The Morgan fingerprint density at radius 1 is 0.867 bits per heavy atom. The van der Waals surface area contributed by atoms with E-state index < -0.39 is 23.6 Å². The van der Waals surface area contributed by atoms with Crippen LogP contribution in [0.2, 0.25) is 0 Å². The number of hydrogen-bond donors (Lipinski definition) is 0. The van der Waals surface area contributed by atoms with E-state index in [1.54, 1.807) is 13.0 Å². The highest BCUT2D eigenvalue weighted by atomic mass is 19.2. The molecule has 1 nitrogen and oxygen atoms in total. The number of halogens is 3. The van der Waals surface area contributed by atoms with Crippen molar-refractivity contribution in [1.82, 2.24) is 0 Å². The first-order valence-corrected chi connectivity index (χ1v) is 9.29. The van der Waals surface area contributed by atoms with Crippen LogP contribution in [0.1, 0.15) is 20.8 Å². The minimum Gasteiger partial charge on any atom is -0.373 e. The third-order valence-corrected chi connectivity index (χ3v) is 4.23. The van der Waals surface area contributed by atoms with Gasteiger partial charge in [-0.05, 0) is 48.1 Å². The molecule has 2 atom stereocenters. The second-order valence-electron chi connectivity index (χ2n) is 7.00. The van der Waals surface area contributed by atoms with Gasteiger partial charge < -0.3 is 4.74 Å². The van der Waals surface area contributed by atoms with Gasteiger partial charge in [0.2, 0.25) is 0 Å². The van der Waals surface area contributed by atoms with E-state index in [9.17, 15) is 13.2 Å². The van der Waals surface area contributed by atoms with Gasteiger partial charge in [-0.15, -0.1) is 6.58 Å². The molecule has 0 bridgehead atoms. The maximum atomic E-state index is 14.5. The van der Waals surface area contributed by atoms with Crippen molar-refractivity contribution in [1.29, 1.82) is 0 Å². The van der Waals surface area contributed by atoms with E-state index in [0.717, 1.165) is 0 Å². The molecule has 4 heteroatoms. The largest absolute Gasteiger partial charge is 0.373 e. The van der Waals surface area contributed by atoms with Crippen molar-refractivity contribution < 1.29 is 17.9 Å². The fourth-order valence-corrected chi connectivity index (χ4v) is 1.87. The topological polar surface area (TPSA) is 9.23 Å². The summed E-state index contributed by atoms with van der Waals surface area (Å²) in [4.78, 5) is 0. The number of ether oxygens (including phenoxy) is 1. The summed E-state index contributed by atoms with van der Waals surface area (Å²) in [6.07, 6.45) is 5.26. The summed E-state index contributed by atoms with van der Waals surface area (Å²) in [5.41, 5.74) is 0.653. The first-order chi connectivity index (χ1) is 13.8. The molecule has 162 valence electrons. The molecule has 0 aliphatic rings. The molecule has 0 rings (SSSR count). The van der Waals surface area contributed by atoms with Crippen molar-refractivity contribution in [2.45, 2.75) is 26.9 Å². The molecule has 0 saturated carbocycles. The maximum Gasteiger partial charge on any atom is 0.166 e. The molecule has 0 aromatic heterocycles. The van der Waals surface area contributed by atoms with Gasteiger partial charge in [0.1, 0.15) is 5.83 Å². The Hall–Kier alpha value is -2.85. The first kappa shape index (κ1) is 27.2. The Morgan fingerprint density at radius 3 is 1.90 bits per heavy atom. The smallest absolute Gasteiger partial charge is 0.166 e. The third kappa shape index (κ3) is 8.66. The Labute approximate surface area is 179 Å². The zero-order valence-corrected chi connectivity index (χ0v) is 18.2. The van der Waals surface area contributed by atoms with Crippen molar-refractivity contribution in [2.24, 2.45) is 5.92 Å². The van der Waals surface area contributed by atoms with Gasteiger partial charge in [-0.3, -0.25) is 0 Å². The summed E-state index contributed by atoms with van der Waals surface area (Å²) in [5, 5.41) is 0. The molecule has 0 saturated heterocycles. The normalized spacial score (nSPS) is 14.5. The minimum absolute atomic E-state index is 0.0544. The molecule has 0 amide bonds. The zero-order chi connectivity index (χ0) is 23.6. The summed E-state index contributed by atoms with van der Waals surface area (Å²) in [7, 11) is 0. The van der Waals surface area contributed by atoms with Crippen LogP contribution < -0.4 is 0 Å². The van der Waals surface area contributed by atoms with E-state index in [1.165, 1.54) is 25.2 Å². The van der Waals surface area contributed by atoms with Gasteiger partial charge in [0.15, 0.2) is 11.7 Å². The van der Waals surface area contributed by atoms with Crippen molar-refractivity contribution in [3.05, 3.63) is 121 Å². The fourth-order valence-electron chi connectivity index (χ4n) is 1.87. The number of hydrogen-bond acceptors (Lipinski definition) is 1. The van der Waals surface area contributed by atoms with Crippen LogP contribution in [0.25, 0.3) is 0 Å². The number of rotatable bonds is 13. The van der Waals surface area contributed by atoms with Gasteiger partial charge >= 0.3 is 0 Å². The molecule has 0 aliphatic carbocycles. The number of allylic oxidation sites excluding steroid dienone is 10. The van der Waals surface area contributed by atoms with Crippen LogP contribution in [0.15, 0.2) is 121 Å². The molecule has 30 heavy (non-hydrogen) atoms. The van der Waals surface area contributed by atoms with E-state index in [1.807, 2.05) is 6.92 Å². The van der Waals surface area contributed by atoms with Crippen LogP contribution >= 0.6 is 0 Å². The summed E-state index contributed by atoms with van der Waals surface area (Å²) < 4.78 is 47.6. The van der Waals surface area contributed by atoms with E-state index in [4.69, 9.17) is 4.74 Å². The molecule has 0 heterocycles. The quantitative estimate of drug-likeness (QED) is 0.217. The lowest BCUT2D eigenvalue weighted by molar-refractivity contribution is 0.0751. The van der Waals surface area contributed by atoms with Crippen LogP contribution in [0.3, 0.4) is 0 Å². The Morgan fingerprint density at radius 2 is 1.40 bits per heavy atom. The van der Waals surface area contributed by atoms with Crippen molar-refractivity contribution in [2.75, 3.05) is 6.61 Å². The SMILES string of the molecule is C=CC(C)COC(C)C(=C)/C(F)=C\C(=C)C(=C)/C=C\C(=C)C(=C)/C(F)=C(/F)C(=C)C. The highest BCUT2D eigenvalue weighted by Crippen LogP contribution is 2.27.